The smallest absolute Gasteiger partial charge is 0.0650 e. The molecular weight excluding hydrogens is 210 g/mol. The molecule has 2 aromatic heterocycles. The molecule has 0 bridgehead atoms. The summed E-state index contributed by atoms with van der Waals surface area (Å²) in [6.07, 6.45) is 2.80. The van der Waals surface area contributed by atoms with E-state index in [1.165, 1.54) is 5.69 Å². The molecule has 1 atom stereocenters. The molecule has 0 fully saturated rings. The van der Waals surface area contributed by atoms with Crippen molar-refractivity contribution >= 4 is 0 Å². The van der Waals surface area contributed by atoms with Gasteiger partial charge in [-0.05, 0) is 30.5 Å². The van der Waals surface area contributed by atoms with E-state index in [1.807, 2.05) is 18.3 Å². The highest BCUT2D eigenvalue weighted by Gasteiger charge is 2.10. The van der Waals surface area contributed by atoms with Crippen LogP contribution in [0.5, 0.6) is 0 Å². The van der Waals surface area contributed by atoms with Crippen LogP contribution in [0.25, 0.3) is 0 Å². The van der Waals surface area contributed by atoms with Crippen LogP contribution in [0, 0.1) is 0 Å². The van der Waals surface area contributed by atoms with E-state index in [0.717, 1.165) is 17.8 Å². The highest BCUT2D eigenvalue weighted by atomic mass is 15.1. The Kier molecular flexibility index (Phi) is 3.57. The fourth-order valence-electron chi connectivity index (χ4n) is 1.88. The standard InChI is InChI=1S/C14H19N3/c1-10(2)14-9-12(16-17-14)8-11(3)13-6-4-5-7-15-13/h4-7,9-11H,8H2,1-3H3,(H,16,17). The Morgan fingerprint density at radius 1 is 1.18 bits per heavy atom. The van der Waals surface area contributed by atoms with Gasteiger partial charge in [0, 0.05) is 23.5 Å². The van der Waals surface area contributed by atoms with E-state index in [1.54, 1.807) is 0 Å². The molecule has 0 spiro atoms. The Morgan fingerprint density at radius 3 is 2.59 bits per heavy atom. The molecule has 0 radical (unpaired) electrons. The van der Waals surface area contributed by atoms with Crippen LogP contribution in [0.2, 0.25) is 0 Å². The lowest BCUT2D eigenvalue weighted by Crippen LogP contribution is -2.00. The molecule has 2 rings (SSSR count). The molecule has 0 saturated carbocycles. The summed E-state index contributed by atoms with van der Waals surface area (Å²) in [6, 6.07) is 8.21. The maximum atomic E-state index is 4.38. The number of H-pyrrole nitrogens is 1. The second kappa shape index (κ2) is 5.13. The average Bonchev–Trinajstić information content (AvgIpc) is 2.79. The zero-order valence-corrected chi connectivity index (χ0v) is 10.6. The molecule has 0 amide bonds. The fraction of sp³-hybridized carbons (Fsp3) is 0.429. The normalized spacial score (nSPS) is 12.9. The van der Waals surface area contributed by atoms with Crippen molar-refractivity contribution in [2.24, 2.45) is 0 Å². The minimum atomic E-state index is 0.414. The summed E-state index contributed by atoms with van der Waals surface area (Å²) < 4.78 is 0. The molecule has 3 nitrogen and oxygen atoms in total. The molecule has 90 valence electrons. The third-order valence-corrected chi connectivity index (χ3v) is 2.96. The number of hydrogen-bond donors (Lipinski definition) is 1. The largest absolute Gasteiger partial charge is 0.282 e. The van der Waals surface area contributed by atoms with Gasteiger partial charge >= 0.3 is 0 Å². The third-order valence-electron chi connectivity index (χ3n) is 2.96. The lowest BCUT2D eigenvalue weighted by molar-refractivity contribution is 0.712. The van der Waals surface area contributed by atoms with E-state index < -0.39 is 0 Å². The highest BCUT2D eigenvalue weighted by molar-refractivity contribution is 5.16. The molecule has 0 aliphatic carbocycles. The predicted molar refractivity (Wildman–Crippen MR) is 69.0 cm³/mol. The van der Waals surface area contributed by atoms with Gasteiger partial charge < -0.3 is 0 Å². The summed E-state index contributed by atoms with van der Waals surface area (Å²) in [5.74, 6) is 0.891. The lowest BCUT2D eigenvalue weighted by Gasteiger charge is -2.08. The Hall–Kier alpha value is -1.64. The van der Waals surface area contributed by atoms with E-state index in [9.17, 15) is 0 Å². The van der Waals surface area contributed by atoms with Gasteiger partial charge in [0.2, 0.25) is 0 Å². The first-order valence-corrected chi connectivity index (χ1v) is 6.12. The van der Waals surface area contributed by atoms with Crippen LogP contribution >= 0.6 is 0 Å². The topological polar surface area (TPSA) is 41.6 Å². The Bertz CT molecular complexity index is 459. The molecule has 2 heterocycles. The van der Waals surface area contributed by atoms with E-state index in [2.05, 4.69) is 48.1 Å². The van der Waals surface area contributed by atoms with E-state index in [4.69, 9.17) is 0 Å². The first-order valence-electron chi connectivity index (χ1n) is 6.12. The molecule has 0 aromatic carbocycles. The maximum absolute atomic E-state index is 4.38. The number of rotatable bonds is 4. The summed E-state index contributed by atoms with van der Waals surface area (Å²) in [6.45, 7) is 6.50. The summed E-state index contributed by atoms with van der Waals surface area (Å²) in [7, 11) is 0. The fourth-order valence-corrected chi connectivity index (χ4v) is 1.88. The van der Waals surface area contributed by atoms with Crippen molar-refractivity contribution < 1.29 is 0 Å². The first-order chi connectivity index (χ1) is 8.16. The second-order valence-corrected chi connectivity index (χ2v) is 4.83. The van der Waals surface area contributed by atoms with Gasteiger partial charge in [-0.2, -0.15) is 5.10 Å². The number of aromatic amines is 1. The molecule has 1 unspecified atom stereocenters. The number of hydrogen-bond acceptors (Lipinski definition) is 2. The van der Waals surface area contributed by atoms with E-state index in [-0.39, 0.29) is 0 Å². The minimum Gasteiger partial charge on any atom is -0.282 e. The number of pyridine rings is 1. The van der Waals surface area contributed by atoms with Crippen LogP contribution in [0.3, 0.4) is 0 Å². The molecular formula is C14H19N3. The van der Waals surface area contributed by atoms with Crippen molar-refractivity contribution in [2.45, 2.75) is 39.0 Å². The van der Waals surface area contributed by atoms with Gasteiger partial charge in [-0.1, -0.05) is 26.8 Å². The summed E-state index contributed by atoms with van der Waals surface area (Å²) in [5.41, 5.74) is 3.45. The Balaban J connectivity index is 2.05. The number of nitrogens with zero attached hydrogens (tertiary/aromatic N) is 2. The SMILES string of the molecule is CC(C)c1cc(CC(C)c2ccccn2)[nH]n1. The predicted octanol–water partition coefficient (Wildman–Crippen LogP) is 3.27. The Labute approximate surface area is 102 Å². The summed E-state index contributed by atoms with van der Waals surface area (Å²) >= 11 is 0. The molecule has 0 aliphatic heterocycles. The van der Waals surface area contributed by atoms with Crippen LogP contribution in [0.1, 0.15) is 49.7 Å². The van der Waals surface area contributed by atoms with Crippen LogP contribution in [0.15, 0.2) is 30.5 Å². The van der Waals surface area contributed by atoms with Gasteiger partial charge in [-0.3, -0.25) is 10.1 Å². The first kappa shape index (κ1) is 11.8. The maximum Gasteiger partial charge on any atom is 0.0650 e. The van der Waals surface area contributed by atoms with Crippen molar-refractivity contribution in [2.75, 3.05) is 0 Å². The van der Waals surface area contributed by atoms with Crippen molar-refractivity contribution in [3.63, 3.8) is 0 Å². The monoisotopic (exact) mass is 229 g/mol. The van der Waals surface area contributed by atoms with Crippen LogP contribution in [0.4, 0.5) is 0 Å². The van der Waals surface area contributed by atoms with Crippen molar-refractivity contribution in [1.82, 2.24) is 15.2 Å². The molecule has 0 saturated heterocycles. The molecule has 2 aromatic rings. The van der Waals surface area contributed by atoms with Gasteiger partial charge in [0.1, 0.15) is 0 Å². The second-order valence-electron chi connectivity index (χ2n) is 4.83. The van der Waals surface area contributed by atoms with Crippen molar-refractivity contribution in [1.29, 1.82) is 0 Å². The van der Waals surface area contributed by atoms with E-state index in [0.29, 0.717) is 11.8 Å². The highest BCUT2D eigenvalue weighted by Crippen LogP contribution is 2.19. The average molecular weight is 229 g/mol. The zero-order chi connectivity index (χ0) is 12.3. The van der Waals surface area contributed by atoms with Crippen molar-refractivity contribution in [3.05, 3.63) is 47.5 Å². The Morgan fingerprint density at radius 2 is 2.00 bits per heavy atom. The zero-order valence-electron chi connectivity index (χ0n) is 10.6. The molecule has 17 heavy (non-hydrogen) atoms. The van der Waals surface area contributed by atoms with Gasteiger partial charge in [0.25, 0.3) is 0 Å². The van der Waals surface area contributed by atoms with Crippen LogP contribution in [-0.4, -0.2) is 15.2 Å². The number of nitrogens with one attached hydrogen (secondary N) is 1. The van der Waals surface area contributed by atoms with Gasteiger partial charge in [0.15, 0.2) is 0 Å². The van der Waals surface area contributed by atoms with Gasteiger partial charge in [-0.15, -0.1) is 0 Å². The van der Waals surface area contributed by atoms with Crippen molar-refractivity contribution in [3.8, 4) is 0 Å². The molecule has 3 heteroatoms. The minimum absolute atomic E-state index is 0.414. The molecule has 1 N–H and O–H groups in total. The molecule has 0 aliphatic rings. The summed E-state index contributed by atoms with van der Waals surface area (Å²) in [5, 5.41) is 7.43. The summed E-state index contributed by atoms with van der Waals surface area (Å²) in [4.78, 5) is 4.38. The lowest BCUT2D eigenvalue weighted by atomic mass is 10.0. The number of aromatic nitrogens is 3. The van der Waals surface area contributed by atoms with Crippen LogP contribution in [-0.2, 0) is 6.42 Å². The van der Waals surface area contributed by atoms with E-state index >= 15 is 0 Å². The quantitative estimate of drug-likeness (QED) is 0.874. The van der Waals surface area contributed by atoms with Gasteiger partial charge in [0.05, 0.1) is 5.69 Å². The van der Waals surface area contributed by atoms with Crippen LogP contribution < -0.4 is 0 Å². The third kappa shape index (κ3) is 2.93. The van der Waals surface area contributed by atoms with Gasteiger partial charge in [-0.25, -0.2) is 0 Å².